The molecule has 0 saturated carbocycles. The number of hydrogen-bond acceptors (Lipinski definition) is 3. The molecule has 0 heterocycles. The van der Waals surface area contributed by atoms with Gasteiger partial charge >= 0.3 is 0 Å². The van der Waals surface area contributed by atoms with Crippen molar-refractivity contribution in [2.75, 3.05) is 12.9 Å². The van der Waals surface area contributed by atoms with Gasteiger partial charge in [-0.1, -0.05) is 19.9 Å². The lowest BCUT2D eigenvalue weighted by Gasteiger charge is -2.14. The smallest absolute Gasteiger partial charge is 0.124 e. The van der Waals surface area contributed by atoms with E-state index in [1.54, 1.807) is 11.8 Å². The van der Waals surface area contributed by atoms with Crippen LogP contribution in [-0.4, -0.2) is 12.9 Å². The fraction of sp³-hybridized carbons (Fsp3) is 0.538. The van der Waals surface area contributed by atoms with Crippen LogP contribution in [0.1, 0.15) is 25.8 Å². The lowest BCUT2D eigenvalue weighted by atomic mass is 10.1. The first kappa shape index (κ1) is 13.4. The standard InChI is InChI=1S/C13H21NOS/c1-10(2)7-8-15-12-5-4-6-13(16-3)11(12)9-14/h4-6,10H,7-9,14H2,1-3H3. The van der Waals surface area contributed by atoms with Crippen LogP contribution in [0.25, 0.3) is 0 Å². The van der Waals surface area contributed by atoms with Gasteiger partial charge in [-0.05, 0) is 30.7 Å². The Bertz CT molecular complexity index is 326. The minimum Gasteiger partial charge on any atom is -0.493 e. The van der Waals surface area contributed by atoms with Crippen LogP contribution >= 0.6 is 11.8 Å². The molecule has 0 atom stereocenters. The van der Waals surface area contributed by atoms with Crippen molar-refractivity contribution in [3.63, 3.8) is 0 Å². The molecular formula is C13H21NOS. The van der Waals surface area contributed by atoms with Gasteiger partial charge in [0.05, 0.1) is 6.61 Å². The van der Waals surface area contributed by atoms with Crippen LogP contribution in [-0.2, 0) is 6.54 Å². The van der Waals surface area contributed by atoms with Crippen LogP contribution in [0.3, 0.4) is 0 Å². The molecule has 0 bridgehead atoms. The first-order chi connectivity index (χ1) is 7.69. The van der Waals surface area contributed by atoms with Crippen molar-refractivity contribution in [1.82, 2.24) is 0 Å². The highest BCUT2D eigenvalue weighted by Gasteiger charge is 2.07. The maximum atomic E-state index is 5.79. The quantitative estimate of drug-likeness (QED) is 0.774. The maximum absolute atomic E-state index is 5.79. The monoisotopic (exact) mass is 239 g/mol. The molecule has 2 N–H and O–H groups in total. The van der Waals surface area contributed by atoms with Crippen molar-refractivity contribution in [3.05, 3.63) is 23.8 Å². The summed E-state index contributed by atoms with van der Waals surface area (Å²) in [4.78, 5) is 1.21. The van der Waals surface area contributed by atoms with E-state index >= 15 is 0 Å². The molecule has 3 heteroatoms. The summed E-state index contributed by atoms with van der Waals surface area (Å²) in [5.74, 6) is 1.61. The van der Waals surface area contributed by atoms with Crippen molar-refractivity contribution < 1.29 is 4.74 Å². The Morgan fingerprint density at radius 3 is 2.69 bits per heavy atom. The molecule has 0 spiro atoms. The minimum atomic E-state index is 0.536. The van der Waals surface area contributed by atoms with Gasteiger partial charge in [-0.25, -0.2) is 0 Å². The van der Waals surface area contributed by atoms with Gasteiger partial charge in [-0.3, -0.25) is 0 Å². The number of rotatable bonds is 6. The van der Waals surface area contributed by atoms with Crippen LogP contribution in [0.5, 0.6) is 5.75 Å². The SMILES string of the molecule is CSc1cccc(OCCC(C)C)c1CN. The summed E-state index contributed by atoms with van der Waals surface area (Å²) in [6.07, 6.45) is 3.14. The zero-order chi connectivity index (χ0) is 12.0. The van der Waals surface area contributed by atoms with Gasteiger partial charge in [0, 0.05) is 17.0 Å². The summed E-state index contributed by atoms with van der Waals surface area (Å²) in [7, 11) is 0. The third-order valence-electron chi connectivity index (χ3n) is 2.47. The number of hydrogen-bond donors (Lipinski definition) is 1. The van der Waals surface area contributed by atoms with E-state index in [2.05, 4.69) is 26.2 Å². The number of thioether (sulfide) groups is 1. The van der Waals surface area contributed by atoms with E-state index in [9.17, 15) is 0 Å². The molecule has 0 unspecified atom stereocenters. The molecular weight excluding hydrogens is 218 g/mol. The van der Waals surface area contributed by atoms with Crippen molar-refractivity contribution in [2.45, 2.75) is 31.7 Å². The Morgan fingerprint density at radius 1 is 1.38 bits per heavy atom. The van der Waals surface area contributed by atoms with Crippen LogP contribution in [0.2, 0.25) is 0 Å². The highest BCUT2D eigenvalue weighted by Crippen LogP contribution is 2.28. The molecule has 0 amide bonds. The first-order valence-corrected chi connectivity index (χ1v) is 6.90. The summed E-state index contributed by atoms with van der Waals surface area (Å²) in [5, 5.41) is 0. The van der Waals surface area contributed by atoms with Gasteiger partial charge in [0.25, 0.3) is 0 Å². The molecule has 1 aromatic carbocycles. The highest BCUT2D eigenvalue weighted by atomic mass is 32.2. The second-order valence-corrected chi connectivity index (χ2v) is 5.02. The Morgan fingerprint density at radius 2 is 2.12 bits per heavy atom. The second-order valence-electron chi connectivity index (χ2n) is 4.17. The normalized spacial score (nSPS) is 10.8. The van der Waals surface area contributed by atoms with Crippen LogP contribution in [0, 0.1) is 5.92 Å². The van der Waals surface area contributed by atoms with Gasteiger partial charge in [0.15, 0.2) is 0 Å². The highest BCUT2D eigenvalue weighted by molar-refractivity contribution is 7.98. The molecule has 0 fully saturated rings. The van der Waals surface area contributed by atoms with E-state index in [4.69, 9.17) is 10.5 Å². The Kier molecular flexibility index (Phi) is 5.71. The van der Waals surface area contributed by atoms with E-state index in [0.717, 1.165) is 24.3 Å². The van der Waals surface area contributed by atoms with Gasteiger partial charge in [0.2, 0.25) is 0 Å². The molecule has 90 valence electrons. The van der Waals surface area contributed by atoms with E-state index in [-0.39, 0.29) is 0 Å². The molecule has 0 aliphatic rings. The predicted molar refractivity (Wildman–Crippen MR) is 71.1 cm³/mol. The third kappa shape index (κ3) is 3.72. The van der Waals surface area contributed by atoms with E-state index in [1.165, 1.54) is 4.90 Å². The summed E-state index contributed by atoms with van der Waals surface area (Å²) in [6, 6.07) is 6.11. The van der Waals surface area contributed by atoms with Crippen molar-refractivity contribution >= 4 is 11.8 Å². The predicted octanol–water partition coefficient (Wildman–Crippen LogP) is 3.29. The summed E-state index contributed by atoms with van der Waals surface area (Å²) >= 11 is 1.71. The molecule has 0 aliphatic carbocycles. The number of nitrogens with two attached hydrogens (primary N) is 1. The van der Waals surface area contributed by atoms with Crippen molar-refractivity contribution in [3.8, 4) is 5.75 Å². The maximum Gasteiger partial charge on any atom is 0.124 e. The fourth-order valence-corrected chi connectivity index (χ4v) is 2.12. The number of ether oxygens (including phenoxy) is 1. The van der Waals surface area contributed by atoms with Crippen LogP contribution in [0.4, 0.5) is 0 Å². The molecule has 1 rings (SSSR count). The van der Waals surface area contributed by atoms with E-state index < -0.39 is 0 Å². The largest absolute Gasteiger partial charge is 0.493 e. The molecule has 0 saturated heterocycles. The number of benzene rings is 1. The van der Waals surface area contributed by atoms with E-state index in [1.807, 2.05) is 12.1 Å². The summed E-state index contributed by atoms with van der Waals surface area (Å²) < 4.78 is 5.79. The van der Waals surface area contributed by atoms with Gasteiger partial charge in [-0.15, -0.1) is 11.8 Å². The Balaban J connectivity index is 2.71. The molecule has 16 heavy (non-hydrogen) atoms. The minimum absolute atomic E-state index is 0.536. The van der Waals surface area contributed by atoms with Crippen LogP contribution < -0.4 is 10.5 Å². The lowest BCUT2D eigenvalue weighted by Crippen LogP contribution is -2.06. The first-order valence-electron chi connectivity index (χ1n) is 5.67. The van der Waals surface area contributed by atoms with Gasteiger partial charge < -0.3 is 10.5 Å². The molecule has 0 aromatic heterocycles. The van der Waals surface area contributed by atoms with Gasteiger partial charge in [0.1, 0.15) is 5.75 Å². The van der Waals surface area contributed by atoms with Crippen LogP contribution in [0.15, 0.2) is 23.1 Å². The third-order valence-corrected chi connectivity index (χ3v) is 3.29. The van der Waals surface area contributed by atoms with Crippen molar-refractivity contribution in [1.29, 1.82) is 0 Å². The zero-order valence-electron chi connectivity index (χ0n) is 10.3. The Hall–Kier alpha value is -0.670. The van der Waals surface area contributed by atoms with Crippen molar-refractivity contribution in [2.24, 2.45) is 11.7 Å². The summed E-state index contributed by atoms with van der Waals surface area (Å²) in [6.45, 7) is 5.70. The molecule has 0 radical (unpaired) electrons. The molecule has 2 nitrogen and oxygen atoms in total. The summed E-state index contributed by atoms with van der Waals surface area (Å²) in [5.41, 5.74) is 6.89. The topological polar surface area (TPSA) is 35.2 Å². The zero-order valence-corrected chi connectivity index (χ0v) is 11.1. The molecule has 1 aromatic rings. The fourth-order valence-electron chi connectivity index (χ4n) is 1.48. The molecule has 0 aliphatic heterocycles. The Labute approximate surface area is 103 Å². The average Bonchev–Trinajstić information content (AvgIpc) is 2.28. The second kappa shape index (κ2) is 6.81. The average molecular weight is 239 g/mol. The van der Waals surface area contributed by atoms with Gasteiger partial charge in [-0.2, -0.15) is 0 Å². The van der Waals surface area contributed by atoms with E-state index in [0.29, 0.717) is 12.5 Å². The lowest BCUT2D eigenvalue weighted by molar-refractivity contribution is 0.286.